The molecular formula is C23H25FN4. The van der Waals surface area contributed by atoms with Crippen LogP contribution < -0.4 is 5.32 Å². The molecule has 0 aliphatic carbocycles. The number of aromatic nitrogens is 2. The van der Waals surface area contributed by atoms with Crippen LogP contribution in [0.3, 0.4) is 0 Å². The molecule has 0 saturated carbocycles. The zero-order chi connectivity index (χ0) is 19.2. The minimum atomic E-state index is -0.177. The van der Waals surface area contributed by atoms with Crippen molar-refractivity contribution in [1.29, 1.82) is 0 Å². The molecule has 1 N–H and O–H groups in total. The highest BCUT2D eigenvalue weighted by Gasteiger charge is 2.25. The Kier molecular flexibility index (Phi) is 6.04. The highest BCUT2D eigenvalue weighted by molar-refractivity contribution is 5.31. The summed E-state index contributed by atoms with van der Waals surface area (Å²) < 4.78 is 13.3. The Morgan fingerprint density at radius 3 is 2.50 bits per heavy atom. The Labute approximate surface area is 165 Å². The second-order valence-electron chi connectivity index (χ2n) is 7.35. The summed E-state index contributed by atoms with van der Waals surface area (Å²) in [6.45, 7) is 3.59. The van der Waals surface area contributed by atoms with E-state index >= 15 is 0 Å². The zero-order valence-corrected chi connectivity index (χ0v) is 15.9. The molecule has 0 spiro atoms. The van der Waals surface area contributed by atoms with E-state index in [1.54, 1.807) is 18.5 Å². The molecule has 1 unspecified atom stereocenters. The fourth-order valence-corrected chi connectivity index (χ4v) is 3.87. The lowest BCUT2D eigenvalue weighted by atomic mass is 9.90. The summed E-state index contributed by atoms with van der Waals surface area (Å²) >= 11 is 0. The van der Waals surface area contributed by atoms with Crippen molar-refractivity contribution < 1.29 is 4.39 Å². The molecule has 1 aromatic heterocycles. The van der Waals surface area contributed by atoms with Gasteiger partial charge >= 0.3 is 0 Å². The van der Waals surface area contributed by atoms with E-state index in [1.165, 1.54) is 16.7 Å². The van der Waals surface area contributed by atoms with Crippen LogP contribution in [0, 0.1) is 5.82 Å². The van der Waals surface area contributed by atoms with Crippen LogP contribution in [0.15, 0.2) is 67.3 Å². The van der Waals surface area contributed by atoms with Crippen LogP contribution in [0.25, 0.3) is 0 Å². The number of fused-ring (bicyclic) bond motifs is 1. The molecular weight excluding hydrogens is 351 g/mol. The smallest absolute Gasteiger partial charge is 0.123 e. The van der Waals surface area contributed by atoms with Crippen LogP contribution in [0.4, 0.5) is 4.39 Å². The van der Waals surface area contributed by atoms with E-state index in [2.05, 4.69) is 44.5 Å². The summed E-state index contributed by atoms with van der Waals surface area (Å²) in [5.74, 6) is -0.177. The van der Waals surface area contributed by atoms with Gasteiger partial charge in [-0.2, -0.15) is 0 Å². The average Bonchev–Trinajstić information content (AvgIpc) is 2.74. The van der Waals surface area contributed by atoms with E-state index in [9.17, 15) is 4.39 Å². The van der Waals surface area contributed by atoms with Gasteiger partial charge in [-0.3, -0.25) is 4.90 Å². The van der Waals surface area contributed by atoms with E-state index in [0.29, 0.717) is 6.04 Å². The second kappa shape index (κ2) is 9.04. The van der Waals surface area contributed by atoms with Crippen LogP contribution in [-0.4, -0.2) is 34.0 Å². The molecule has 0 radical (unpaired) electrons. The first-order valence-electron chi connectivity index (χ1n) is 9.78. The SMILES string of the molecule is Fc1ccc(CC2Cc3ccccc3CN2CCNCc2cncnc2)cc1. The number of halogens is 1. The number of rotatable bonds is 7. The van der Waals surface area contributed by atoms with Crippen molar-refractivity contribution in [2.24, 2.45) is 0 Å². The quantitative estimate of drug-likeness (QED) is 0.642. The molecule has 5 heteroatoms. The molecule has 3 aromatic rings. The Balaban J connectivity index is 1.40. The van der Waals surface area contributed by atoms with Crippen molar-refractivity contribution in [2.75, 3.05) is 13.1 Å². The molecule has 0 bridgehead atoms. The third kappa shape index (κ3) is 4.80. The standard InChI is InChI=1S/C23H25FN4/c24-22-7-5-18(6-8-22)11-23-12-20-3-1-2-4-21(20)16-28(23)10-9-25-13-19-14-26-17-27-15-19/h1-8,14-15,17,23,25H,9-13,16H2. The van der Waals surface area contributed by atoms with Gasteiger partial charge in [0, 0.05) is 50.2 Å². The second-order valence-corrected chi connectivity index (χ2v) is 7.35. The maximum Gasteiger partial charge on any atom is 0.123 e. The first-order chi connectivity index (χ1) is 13.8. The molecule has 0 fully saturated rings. The van der Waals surface area contributed by atoms with Gasteiger partial charge in [0.05, 0.1) is 0 Å². The molecule has 0 amide bonds. The fourth-order valence-electron chi connectivity index (χ4n) is 3.87. The lowest BCUT2D eigenvalue weighted by Gasteiger charge is -2.37. The van der Waals surface area contributed by atoms with Crippen molar-refractivity contribution in [3.05, 3.63) is 95.3 Å². The highest BCUT2D eigenvalue weighted by Crippen LogP contribution is 2.25. The van der Waals surface area contributed by atoms with Gasteiger partial charge in [0.15, 0.2) is 0 Å². The highest BCUT2D eigenvalue weighted by atomic mass is 19.1. The van der Waals surface area contributed by atoms with Crippen molar-refractivity contribution in [2.45, 2.75) is 32.0 Å². The third-order valence-corrected chi connectivity index (χ3v) is 5.37. The molecule has 1 atom stereocenters. The third-order valence-electron chi connectivity index (χ3n) is 5.37. The van der Waals surface area contributed by atoms with Crippen LogP contribution in [0.2, 0.25) is 0 Å². The number of benzene rings is 2. The molecule has 2 aromatic carbocycles. The Hall–Kier alpha value is -2.63. The molecule has 28 heavy (non-hydrogen) atoms. The van der Waals surface area contributed by atoms with Crippen molar-refractivity contribution >= 4 is 0 Å². The normalized spacial score (nSPS) is 16.7. The molecule has 1 aliphatic heterocycles. The summed E-state index contributed by atoms with van der Waals surface area (Å²) in [4.78, 5) is 10.7. The minimum absolute atomic E-state index is 0.177. The van der Waals surface area contributed by atoms with Crippen LogP contribution >= 0.6 is 0 Å². The van der Waals surface area contributed by atoms with Gasteiger partial charge in [0.2, 0.25) is 0 Å². The van der Waals surface area contributed by atoms with Gasteiger partial charge in [-0.1, -0.05) is 36.4 Å². The van der Waals surface area contributed by atoms with E-state index < -0.39 is 0 Å². The molecule has 4 rings (SSSR count). The van der Waals surface area contributed by atoms with Gasteiger partial charge in [-0.05, 0) is 41.7 Å². The predicted octanol–water partition coefficient (Wildman–Crippen LogP) is 3.37. The molecule has 4 nitrogen and oxygen atoms in total. The van der Waals surface area contributed by atoms with Crippen molar-refractivity contribution in [1.82, 2.24) is 20.2 Å². The summed E-state index contributed by atoms with van der Waals surface area (Å²) in [7, 11) is 0. The van der Waals surface area contributed by atoms with Gasteiger partial charge in [0.25, 0.3) is 0 Å². The number of hydrogen-bond acceptors (Lipinski definition) is 4. The number of hydrogen-bond donors (Lipinski definition) is 1. The van der Waals surface area contributed by atoms with E-state index in [4.69, 9.17) is 0 Å². The molecule has 144 valence electrons. The van der Waals surface area contributed by atoms with Gasteiger partial charge in [0.1, 0.15) is 12.1 Å². The average molecular weight is 376 g/mol. The zero-order valence-electron chi connectivity index (χ0n) is 15.9. The lowest BCUT2D eigenvalue weighted by molar-refractivity contribution is 0.170. The lowest BCUT2D eigenvalue weighted by Crippen LogP contribution is -2.44. The van der Waals surface area contributed by atoms with Crippen LogP contribution in [-0.2, 0) is 25.9 Å². The van der Waals surface area contributed by atoms with Gasteiger partial charge in [-0.25, -0.2) is 14.4 Å². The van der Waals surface area contributed by atoms with Gasteiger partial charge in [-0.15, -0.1) is 0 Å². The summed E-state index contributed by atoms with van der Waals surface area (Å²) in [5, 5.41) is 3.49. The monoisotopic (exact) mass is 376 g/mol. The summed E-state index contributed by atoms with van der Waals surface area (Å²) in [6.07, 6.45) is 7.19. The van der Waals surface area contributed by atoms with Crippen molar-refractivity contribution in [3.63, 3.8) is 0 Å². The number of nitrogens with zero attached hydrogens (tertiary/aromatic N) is 3. The van der Waals surface area contributed by atoms with Crippen LogP contribution in [0.5, 0.6) is 0 Å². The topological polar surface area (TPSA) is 41.0 Å². The molecule has 1 aliphatic rings. The Morgan fingerprint density at radius 1 is 0.964 bits per heavy atom. The maximum atomic E-state index is 13.3. The summed E-state index contributed by atoms with van der Waals surface area (Å²) in [6, 6.07) is 16.0. The predicted molar refractivity (Wildman–Crippen MR) is 108 cm³/mol. The number of nitrogens with one attached hydrogen (secondary N) is 1. The first-order valence-corrected chi connectivity index (χ1v) is 9.78. The first kappa shape index (κ1) is 18.7. The fraction of sp³-hybridized carbons (Fsp3) is 0.304. The molecule has 0 saturated heterocycles. The minimum Gasteiger partial charge on any atom is -0.311 e. The van der Waals surface area contributed by atoms with E-state index in [-0.39, 0.29) is 5.82 Å². The summed E-state index contributed by atoms with van der Waals surface area (Å²) in [5.41, 5.74) is 5.12. The largest absolute Gasteiger partial charge is 0.311 e. The van der Waals surface area contributed by atoms with Crippen LogP contribution in [0.1, 0.15) is 22.3 Å². The Morgan fingerprint density at radius 2 is 1.71 bits per heavy atom. The van der Waals surface area contributed by atoms with E-state index in [1.807, 2.05) is 24.5 Å². The van der Waals surface area contributed by atoms with Crippen molar-refractivity contribution in [3.8, 4) is 0 Å². The van der Waals surface area contributed by atoms with Gasteiger partial charge < -0.3 is 5.32 Å². The van der Waals surface area contributed by atoms with E-state index in [0.717, 1.165) is 44.6 Å². The Bertz CT molecular complexity index is 883. The molecule has 2 heterocycles. The maximum absolute atomic E-state index is 13.3.